The maximum Gasteiger partial charge on any atom is 0.231 e. The van der Waals surface area contributed by atoms with Crippen molar-refractivity contribution in [2.45, 2.75) is 26.2 Å². The normalized spacial score (nSPS) is 11.2. The van der Waals surface area contributed by atoms with E-state index >= 15 is 0 Å². The van der Waals surface area contributed by atoms with E-state index in [4.69, 9.17) is 4.52 Å². The average molecular weight is 241 g/mol. The summed E-state index contributed by atoms with van der Waals surface area (Å²) in [6, 6.07) is 8.23. The van der Waals surface area contributed by atoms with E-state index in [0.29, 0.717) is 12.3 Å². The molecule has 2 heterocycles. The number of aryl methyl sites for hydroxylation is 1. The molecule has 0 aliphatic carbocycles. The highest BCUT2D eigenvalue weighted by Gasteiger charge is 2.09. The van der Waals surface area contributed by atoms with Crippen molar-refractivity contribution >= 4 is 10.9 Å². The Bertz CT molecular complexity index is 654. The number of benzene rings is 1. The van der Waals surface area contributed by atoms with Crippen LogP contribution in [0.25, 0.3) is 10.9 Å². The third-order valence-corrected chi connectivity index (χ3v) is 3.00. The Balaban J connectivity index is 1.87. The molecule has 92 valence electrons. The van der Waals surface area contributed by atoms with Crippen molar-refractivity contribution in [1.82, 2.24) is 15.1 Å². The summed E-state index contributed by atoms with van der Waals surface area (Å²) in [5, 5.41) is 5.19. The number of hydrogen-bond donors (Lipinski definition) is 1. The topological polar surface area (TPSA) is 54.7 Å². The summed E-state index contributed by atoms with van der Waals surface area (Å²) in [5.41, 5.74) is 2.33. The number of nitrogens with zero attached hydrogens (tertiary/aromatic N) is 2. The van der Waals surface area contributed by atoms with Gasteiger partial charge in [-0.3, -0.25) is 0 Å². The molecule has 0 amide bonds. The summed E-state index contributed by atoms with van der Waals surface area (Å²) >= 11 is 0. The van der Waals surface area contributed by atoms with Gasteiger partial charge in [0.2, 0.25) is 5.89 Å². The summed E-state index contributed by atoms with van der Waals surface area (Å²) in [5.74, 6) is 1.48. The summed E-state index contributed by atoms with van der Waals surface area (Å²) < 4.78 is 5.26. The molecule has 1 aromatic carbocycles. The van der Waals surface area contributed by atoms with E-state index in [0.717, 1.165) is 24.2 Å². The maximum absolute atomic E-state index is 5.26. The van der Waals surface area contributed by atoms with Gasteiger partial charge in [0, 0.05) is 23.5 Å². The molecule has 4 heteroatoms. The molecule has 2 aromatic heterocycles. The molecule has 3 aromatic rings. The van der Waals surface area contributed by atoms with Crippen molar-refractivity contribution in [3.8, 4) is 0 Å². The number of H-pyrrole nitrogens is 1. The number of rotatable bonds is 4. The fourth-order valence-corrected chi connectivity index (χ4v) is 2.13. The van der Waals surface area contributed by atoms with Crippen LogP contribution in [0.5, 0.6) is 0 Å². The van der Waals surface area contributed by atoms with Gasteiger partial charge in [-0.15, -0.1) is 0 Å². The number of para-hydroxylation sites is 1. The summed E-state index contributed by atoms with van der Waals surface area (Å²) in [4.78, 5) is 7.64. The number of hydrogen-bond acceptors (Lipinski definition) is 3. The number of aromatic amines is 1. The SMILES string of the molecule is CCCc1noc(Cc2c[nH]c3ccccc23)n1. The predicted molar refractivity (Wildman–Crippen MR) is 69.4 cm³/mol. The lowest BCUT2D eigenvalue weighted by Crippen LogP contribution is -1.89. The molecule has 0 bridgehead atoms. The van der Waals surface area contributed by atoms with E-state index in [1.807, 2.05) is 18.3 Å². The summed E-state index contributed by atoms with van der Waals surface area (Å²) in [7, 11) is 0. The molecule has 0 aliphatic heterocycles. The molecule has 0 radical (unpaired) electrons. The Labute approximate surface area is 105 Å². The van der Waals surface area contributed by atoms with Crippen LogP contribution in [0.2, 0.25) is 0 Å². The monoisotopic (exact) mass is 241 g/mol. The van der Waals surface area contributed by atoms with Crippen LogP contribution in [-0.2, 0) is 12.8 Å². The van der Waals surface area contributed by atoms with E-state index in [9.17, 15) is 0 Å². The lowest BCUT2D eigenvalue weighted by molar-refractivity contribution is 0.379. The minimum absolute atomic E-state index is 0.681. The fraction of sp³-hybridized carbons (Fsp3) is 0.286. The number of aromatic nitrogens is 3. The van der Waals surface area contributed by atoms with Gasteiger partial charge >= 0.3 is 0 Å². The fourth-order valence-electron chi connectivity index (χ4n) is 2.13. The highest BCUT2D eigenvalue weighted by atomic mass is 16.5. The Morgan fingerprint density at radius 1 is 1.28 bits per heavy atom. The first-order chi connectivity index (χ1) is 8.86. The first kappa shape index (κ1) is 11.0. The van der Waals surface area contributed by atoms with E-state index in [-0.39, 0.29) is 0 Å². The average Bonchev–Trinajstić information content (AvgIpc) is 2.99. The minimum Gasteiger partial charge on any atom is -0.361 e. The van der Waals surface area contributed by atoms with Gasteiger partial charge in [0.15, 0.2) is 5.82 Å². The largest absolute Gasteiger partial charge is 0.361 e. The molecule has 4 nitrogen and oxygen atoms in total. The molecule has 0 unspecified atom stereocenters. The van der Waals surface area contributed by atoms with Crippen molar-refractivity contribution in [3.63, 3.8) is 0 Å². The number of nitrogens with one attached hydrogen (secondary N) is 1. The van der Waals surface area contributed by atoms with Crippen molar-refractivity contribution in [2.75, 3.05) is 0 Å². The minimum atomic E-state index is 0.681. The van der Waals surface area contributed by atoms with Gasteiger partial charge in [0.25, 0.3) is 0 Å². The van der Waals surface area contributed by atoms with Crippen LogP contribution in [-0.4, -0.2) is 15.1 Å². The summed E-state index contributed by atoms with van der Waals surface area (Å²) in [6.45, 7) is 2.11. The Hall–Kier alpha value is -2.10. The first-order valence-corrected chi connectivity index (χ1v) is 6.23. The first-order valence-electron chi connectivity index (χ1n) is 6.23. The highest BCUT2D eigenvalue weighted by Crippen LogP contribution is 2.20. The van der Waals surface area contributed by atoms with Gasteiger partial charge in [0.05, 0.1) is 6.42 Å². The summed E-state index contributed by atoms with van der Waals surface area (Å²) in [6.07, 6.45) is 4.60. The molecular weight excluding hydrogens is 226 g/mol. The third kappa shape index (κ3) is 2.01. The Kier molecular flexibility index (Phi) is 2.84. The lowest BCUT2D eigenvalue weighted by atomic mass is 10.1. The second kappa shape index (κ2) is 4.64. The quantitative estimate of drug-likeness (QED) is 0.763. The molecular formula is C14H15N3O. The third-order valence-electron chi connectivity index (χ3n) is 3.00. The van der Waals surface area contributed by atoms with Gasteiger partial charge in [-0.05, 0) is 18.1 Å². The standard InChI is InChI=1S/C14H15N3O/c1-2-5-13-16-14(18-17-13)8-10-9-15-12-7-4-3-6-11(10)12/h3-4,6-7,9,15H,2,5,8H2,1H3. The second-order valence-electron chi connectivity index (χ2n) is 4.39. The van der Waals surface area contributed by atoms with Crippen molar-refractivity contribution in [3.05, 3.63) is 47.7 Å². The molecule has 0 atom stereocenters. The Morgan fingerprint density at radius 2 is 2.17 bits per heavy atom. The predicted octanol–water partition coefficient (Wildman–Crippen LogP) is 3.09. The number of fused-ring (bicyclic) bond motifs is 1. The van der Waals surface area contributed by atoms with Crippen LogP contribution >= 0.6 is 0 Å². The molecule has 3 rings (SSSR count). The smallest absolute Gasteiger partial charge is 0.231 e. The van der Waals surface area contributed by atoms with E-state index in [1.54, 1.807) is 0 Å². The van der Waals surface area contributed by atoms with Crippen LogP contribution in [0.4, 0.5) is 0 Å². The lowest BCUT2D eigenvalue weighted by Gasteiger charge is -1.93. The van der Waals surface area contributed by atoms with Crippen LogP contribution in [0, 0.1) is 0 Å². The molecule has 0 aliphatic rings. The van der Waals surface area contributed by atoms with Gasteiger partial charge in [-0.2, -0.15) is 4.98 Å². The van der Waals surface area contributed by atoms with Crippen LogP contribution in [0.3, 0.4) is 0 Å². The zero-order valence-corrected chi connectivity index (χ0v) is 10.3. The molecule has 0 saturated heterocycles. The maximum atomic E-state index is 5.26. The van der Waals surface area contributed by atoms with E-state index in [2.05, 4.69) is 34.2 Å². The molecule has 1 N–H and O–H groups in total. The van der Waals surface area contributed by atoms with Crippen LogP contribution < -0.4 is 0 Å². The molecule has 0 fully saturated rings. The van der Waals surface area contributed by atoms with Gasteiger partial charge in [-0.25, -0.2) is 0 Å². The zero-order valence-electron chi connectivity index (χ0n) is 10.3. The zero-order chi connectivity index (χ0) is 12.4. The molecule has 0 spiro atoms. The molecule has 0 saturated carbocycles. The van der Waals surface area contributed by atoms with Crippen molar-refractivity contribution in [2.24, 2.45) is 0 Å². The highest BCUT2D eigenvalue weighted by molar-refractivity contribution is 5.83. The van der Waals surface area contributed by atoms with Crippen molar-refractivity contribution in [1.29, 1.82) is 0 Å². The molecule has 18 heavy (non-hydrogen) atoms. The van der Waals surface area contributed by atoms with Gasteiger partial charge < -0.3 is 9.51 Å². The van der Waals surface area contributed by atoms with Gasteiger partial charge in [0.1, 0.15) is 0 Å². The van der Waals surface area contributed by atoms with Crippen molar-refractivity contribution < 1.29 is 4.52 Å². The van der Waals surface area contributed by atoms with Gasteiger partial charge in [-0.1, -0.05) is 30.3 Å². The van der Waals surface area contributed by atoms with Crippen LogP contribution in [0.1, 0.15) is 30.6 Å². The Morgan fingerprint density at radius 3 is 3.06 bits per heavy atom. The van der Waals surface area contributed by atoms with E-state index in [1.165, 1.54) is 10.9 Å². The van der Waals surface area contributed by atoms with E-state index < -0.39 is 0 Å². The van der Waals surface area contributed by atoms with Crippen LogP contribution in [0.15, 0.2) is 35.0 Å². The second-order valence-corrected chi connectivity index (χ2v) is 4.39.